The van der Waals surface area contributed by atoms with Gasteiger partial charge >= 0.3 is 0 Å². The molecule has 0 spiro atoms. The van der Waals surface area contributed by atoms with Crippen molar-refractivity contribution in [3.8, 4) is 0 Å². The first kappa shape index (κ1) is 19.4. The summed E-state index contributed by atoms with van der Waals surface area (Å²) in [5, 5.41) is 3.48. The Balaban J connectivity index is 1.94. The van der Waals surface area contributed by atoms with Gasteiger partial charge < -0.3 is 5.32 Å². The fourth-order valence-corrected chi connectivity index (χ4v) is 3.68. The molecule has 2 aromatic carbocycles. The standard InChI is InChI=1S/C20H18Cl2N2O3/c1-3-11(2)17(18(25)23-14-9-12(21)8-13(22)10-14)24-19(26)15-6-4-5-7-16(15)20(24)27/h4-11,17H,3H2,1-2H3,(H,23,25). The first-order valence-electron chi connectivity index (χ1n) is 8.57. The van der Waals surface area contributed by atoms with E-state index in [2.05, 4.69) is 5.32 Å². The van der Waals surface area contributed by atoms with E-state index in [1.165, 1.54) is 0 Å². The van der Waals surface area contributed by atoms with Crippen LogP contribution in [0.25, 0.3) is 0 Å². The van der Waals surface area contributed by atoms with Gasteiger partial charge in [-0.15, -0.1) is 0 Å². The van der Waals surface area contributed by atoms with Crippen LogP contribution in [0.5, 0.6) is 0 Å². The Kier molecular flexibility index (Phi) is 5.53. The number of nitrogens with zero attached hydrogens (tertiary/aromatic N) is 1. The highest BCUT2D eigenvalue weighted by Crippen LogP contribution is 2.29. The van der Waals surface area contributed by atoms with Gasteiger partial charge in [-0.1, -0.05) is 55.6 Å². The lowest BCUT2D eigenvalue weighted by molar-refractivity contribution is -0.121. The molecule has 0 bridgehead atoms. The molecule has 1 aliphatic rings. The van der Waals surface area contributed by atoms with Crippen LogP contribution in [-0.2, 0) is 4.79 Å². The number of nitrogens with one attached hydrogen (secondary N) is 1. The van der Waals surface area contributed by atoms with E-state index in [4.69, 9.17) is 23.2 Å². The monoisotopic (exact) mass is 404 g/mol. The minimum Gasteiger partial charge on any atom is -0.324 e. The molecule has 1 heterocycles. The molecule has 0 saturated heterocycles. The molecule has 140 valence electrons. The number of benzene rings is 2. The normalized spacial score (nSPS) is 15.5. The quantitative estimate of drug-likeness (QED) is 0.737. The Labute approximate surface area is 167 Å². The van der Waals surface area contributed by atoms with Gasteiger partial charge in [-0.05, 0) is 36.2 Å². The third-order valence-electron chi connectivity index (χ3n) is 4.69. The van der Waals surface area contributed by atoms with Gasteiger partial charge in [0.1, 0.15) is 6.04 Å². The molecule has 0 aliphatic carbocycles. The van der Waals surface area contributed by atoms with Crippen molar-refractivity contribution in [2.75, 3.05) is 5.32 Å². The Morgan fingerprint density at radius 1 is 1.04 bits per heavy atom. The molecule has 5 nitrogen and oxygen atoms in total. The molecule has 2 aromatic rings. The van der Waals surface area contributed by atoms with Gasteiger partial charge in [-0.3, -0.25) is 19.3 Å². The van der Waals surface area contributed by atoms with Crippen molar-refractivity contribution >= 4 is 46.6 Å². The summed E-state index contributed by atoms with van der Waals surface area (Å²) in [6, 6.07) is 10.3. The summed E-state index contributed by atoms with van der Waals surface area (Å²) in [6.07, 6.45) is 0.613. The first-order valence-corrected chi connectivity index (χ1v) is 9.33. The summed E-state index contributed by atoms with van der Waals surface area (Å²) in [5.41, 5.74) is 1.03. The molecule has 27 heavy (non-hydrogen) atoms. The van der Waals surface area contributed by atoms with E-state index >= 15 is 0 Å². The lowest BCUT2D eigenvalue weighted by Crippen LogP contribution is -2.50. The second kappa shape index (κ2) is 7.71. The molecular formula is C20H18Cl2N2O3. The summed E-state index contributed by atoms with van der Waals surface area (Å²) in [4.78, 5) is 39.7. The number of hydrogen-bond donors (Lipinski definition) is 1. The summed E-state index contributed by atoms with van der Waals surface area (Å²) in [6.45, 7) is 3.73. The highest BCUT2D eigenvalue weighted by molar-refractivity contribution is 6.35. The number of imide groups is 1. The molecule has 1 N–H and O–H groups in total. The molecule has 0 fully saturated rings. The molecular weight excluding hydrogens is 387 g/mol. The van der Waals surface area contributed by atoms with E-state index < -0.39 is 23.8 Å². The van der Waals surface area contributed by atoms with Crippen LogP contribution < -0.4 is 5.32 Å². The predicted octanol–water partition coefficient (Wildman–Crippen LogP) is 4.64. The first-order chi connectivity index (χ1) is 12.8. The molecule has 1 aliphatic heterocycles. The van der Waals surface area contributed by atoms with Crippen LogP contribution in [0.15, 0.2) is 42.5 Å². The third kappa shape index (κ3) is 3.70. The van der Waals surface area contributed by atoms with E-state index in [0.29, 0.717) is 33.3 Å². The maximum Gasteiger partial charge on any atom is 0.262 e. The molecule has 3 amide bonds. The number of anilines is 1. The number of hydrogen-bond acceptors (Lipinski definition) is 3. The maximum atomic E-state index is 13.0. The van der Waals surface area contributed by atoms with E-state index in [-0.39, 0.29) is 5.92 Å². The summed E-state index contributed by atoms with van der Waals surface area (Å²) in [5.74, 6) is -1.61. The zero-order valence-electron chi connectivity index (χ0n) is 14.8. The number of carbonyl (C=O) groups excluding carboxylic acids is 3. The van der Waals surface area contributed by atoms with Crippen LogP contribution in [0.1, 0.15) is 41.0 Å². The van der Waals surface area contributed by atoms with Crippen molar-refractivity contribution in [3.63, 3.8) is 0 Å². The lowest BCUT2D eigenvalue weighted by Gasteiger charge is -2.29. The van der Waals surface area contributed by atoms with Crippen LogP contribution in [0.2, 0.25) is 10.0 Å². The minimum absolute atomic E-state index is 0.234. The molecule has 7 heteroatoms. The van der Waals surface area contributed by atoms with Gasteiger partial charge in [0.05, 0.1) is 11.1 Å². The largest absolute Gasteiger partial charge is 0.324 e. The van der Waals surface area contributed by atoms with Crippen molar-refractivity contribution in [3.05, 3.63) is 63.6 Å². The zero-order chi connectivity index (χ0) is 19.7. The number of halogens is 2. The van der Waals surface area contributed by atoms with Crippen LogP contribution in [0.3, 0.4) is 0 Å². The highest BCUT2D eigenvalue weighted by Gasteiger charge is 2.44. The highest BCUT2D eigenvalue weighted by atomic mass is 35.5. The molecule has 3 rings (SSSR count). The second-order valence-corrected chi connectivity index (χ2v) is 7.38. The van der Waals surface area contributed by atoms with Gasteiger partial charge in [0.2, 0.25) is 5.91 Å². The Bertz CT molecular complexity index is 874. The molecule has 2 unspecified atom stereocenters. The van der Waals surface area contributed by atoms with Crippen molar-refractivity contribution in [1.29, 1.82) is 0 Å². The van der Waals surface area contributed by atoms with Crippen LogP contribution in [-0.4, -0.2) is 28.7 Å². The number of carbonyl (C=O) groups is 3. The molecule has 0 radical (unpaired) electrons. The summed E-state index contributed by atoms with van der Waals surface area (Å²) < 4.78 is 0. The smallest absolute Gasteiger partial charge is 0.262 e. The summed E-state index contributed by atoms with van der Waals surface area (Å²) in [7, 11) is 0. The van der Waals surface area contributed by atoms with E-state index in [1.807, 2.05) is 13.8 Å². The SMILES string of the molecule is CCC(C)C(C(=O)Nc1cc(Cl)cc(Cl)c1)N1C(=O)c2ccccc2C1=O. The van der Waals surface area contributed by atoms with Gasteiger partial charge in [-0.25, -0.2) is 0 Å². The van der Waals surface area contributed by atoms with Crippen molar-refractivity contribution < 1.29 is 14.4 Å². The molecule has 0 aromatic heterocycles. The lowest BCUT2D eigenvalue weighted by atomic mass is 9.96. The van der Waals surface area contributed by atoms with Gasteiger partial charge in [0.25, 0.3) is 11.8 Å². The molecule has 2 atom stereocenters. The van der Waals surface area contributed by atoms with Crippen molar-refractivity contribution in [2.45, 2.75) is 26.3 Å². The van der Waals surface area contributed by atoms with Gasteiger partial charge in [0.15, 0.2) is 0 Å². The van der Waals surface area contributed by atoms with Crippen LogP contribution in [0, 0.1) is 5.92 Å². The number of fused-ring (bicyclic) bond motifs is 1. The van der Waals surface area contributed by atoms with Gasteiger partial charge in [0, 0.05) is 15.7 Å². The molecule has 0 saturated carbocycles. The van der Waals surface area contributed by atoms with E-state index in [1.54, 1.807) is 42.5 Å². The average molecular weight is 405 g/mol. The Morgan fingerprint density at radius 2 is 1.56 bits per heavy atom. The topological polar surface area (TPSA) is 66.5 Å². The van der Waals surface area contributed by atoms with Crippen molar-refractivity contribution in [2.24, 2.45) is 5.92 Å². The van der Waals surface area contributed by atoms with Crippen LogP contribution in [0.4, 0.5) is 5.69 Å². The second-order valence-electron chi connectivity index (χ2n) is 6.50. The van der Waals surface area contributed by atoms with Gasteiger partial charge in [-0.2, -0.15) is 0 Å². The Hall–Kier alpha value is -2.37. The predicted molar refractivity (Wildman–Crippen MR) is 105 cm³/mol. The van der Waals surface area contributed by atoms with E-state index in [9.17, 15) is 14.4 Å². The van der Waals surface area contributed by atoms with Crippen LogP contribution >= 0.6 is 23.2 Å². The maximum absolute atomic E-state index is 13.0. The minimum atomic E-state index is -0.944. The Morgan fingerprint density at radius 3 is 2.04 bits per heavy atom. The zero-order valence-corrected chi connectivity index (χ0v) is 16.3. The van der Waals surface area contributed by atoms with Crippen molar-refractivity contribution in [1.82, 2.24) is 4.90 Å². The fourth-order valence-electron chi connectivity index (χ4n) is 3.16. The van der Waals surface area contributed by atoms with E-state index in [0.717, 1.165) is 4.90 Å². The number of rotatable bonds is 5. The average Bonchev–Trinajstić information content (AvgIpc) is 2.86. The number of amides is 3. The fraction of sp³-hybridized carbons (Fsp3) is 0.250. The third-order valence-corrected chi connectivity index (χ3v) is 5.12. The summed E-state index contributed by atoms with van der Waals surface area (Å²) >= 11 is 12.0.